The molecular weight excluding hydrogens is 258 g/mol. The van der Waals surface area contributed by atoms with Gasteiger partial charge in [0.25, 0.3) is 0 Å². The Morgan fingerprint density at radius 2 is 2.47 bits per heavy atom. The van der Waals surface area contributed by atoms with E-state index in [4.69, 9.17) is 4.84 Å². The molecule has 1 amide bonds. The van der Waals surface area contributed by atoms with E-state index >= 15 is 0 Å². The third-order valence-corrected chi connectivity index (χ3v) is 3.43. The van der Waals surface area contributed by atoms with E-state index in [2.05, 4.69) is 22.5 Å². The molecule has 1 fully saturated rings. The fourth-order valence-electron chi connectivity index (χ4n) is 2.08. The van der Waals surface area contributed by atoms with Crippen molar-refractivity contribution in [2.45, 2.75) is 31.7 Å². The van der Waals surface area contributed by atoms with E-state index < -0.39 is 0 Å². The molecule has 0 unspecified atom stereocenters. The third-order valence-electron chi connectivity index (χ3n) is 2.87. The Balaban J connectivity index is 2.69. The monoisotopic (exact) mass is 275 g/mol. The summed E-state index contributed by atoms with van der Waals surface area (Å²) in [7, 11) is 1.56. The zero-order chi connectivity index (χ0) is 11.3. The van der Waals surface area contributed by atoms with Crippen LogP contribution in [0.25, 0.3) is 0 Å². The van der Waals surface area contributed by atoms with Crippen molar-refractivity contribution in [3.05, 3.63) is 12.7 Å². The smallest absolute Gasteiger partial charge is 0.246 e. The van der Waals surface area contributed by atoms with Crippen molar-refractivity contribution < 1.29 is 9.63 Å². The first-order valence-electron chi connectivity index (χ1n) is 5.29. The van der Waals surface area contributed by atoms with E-state index in [1.54, 1.807) is 7.11 Å². The summed E-state index contributed by atoms with van der Waals surface area (Å²) in [4.78, 5) is 16.8. The van der Waals surface area contributed by atoms with Crippen LogP contribution in [0, 0.1) is 5.92 Å². The molecule has 0 radical (unpaired) electrons. The molecule has 86 valence electrons. The minimum absolute atomic E-state index is 0.0928. The van der Waals surface area contributed by atoms with Gasteiger partial charge in [-0.15, -0.1) is 6.58 Å². The predicted molar refractivity (Wildman–Crippen MR) is 63.6 cm³/mol. The Morgan fingerprint density at radius 1 is 1.73 bits per heavy atom. The number of halogens is 1. The van der Waals surface area contributed by atoms with Gasteiger partial charge in [-0.2, -0.15) is 0 Å². The van der Waals surface area contributed by atoms with Gasteiger partial charge in [0.2, 0.25) is 5.91 Å². The molecule has 1 heterocycles. The molecule has 0 saturated carbocycles. The van der Waals surface area contributed by atoms with Crippen LogP contribution in [0.2, 0.25) is 0 Å². The van der Waals surface area contributed by atoms with Gasteiger partial charge >= 0.3 is 0 Å². The van der Waals surface area contributed by atoms with Gasteiger partial charge in [0.1, 0.15) is 0 Å². The van der Waals surface area contributed by atoms with Gasteiger partial charge in [0.05, 0.1) is 13.2 Å². The fraction of sp³-hybridized carbons (Fsp3) is 0.727. The molecule has 0 spiro atoms. The molecule has 1 aliphatic rings. The lowest BCUT2D eigenvalue weighted by Gasteiger charge is -2.38. The Hall–Kier alpha value is -0.350. The third kappa shape index (κ3) is 3.05. The van der Waals surface area contributed by atoms with Gasteiger partial charge in [-0.1, -0.05) is 22.0 Å². The number of carbonyl (C=O) groups is 1. The molecular formula is C11H18BrNO2. The number of piperidine rings is 1. The summed E-state index contributed by atoms with van der Waals surface area (Å²) in [6.07, 6.45) is 5.41. The summed E-state index contributed by atoms with van der Waals surface area (Å²) in [6, 6.07) is 0.159. The Labute approximate surface area is 99.5 Å². The molecule has 0 bridgehead atoms. The number of hydrogen-bond acceptors (Lipinski definition) is 2. The van der Waals surface area contributed by atoms with Gasteiger partial charge in [0, 0.05) is 17.7 Å². The highest BCUT2D eigenvalue weighted by Gasteiger charge is 2.34. The second-order valence-corrected chi connectivity index (χ2v) is 4.53. The van der Waals surface area contributed by atoms with Crippen LogP contribution in [0.1, 0.15) is 25.7 Å². The first-order chi connectivity index (χ1) is 7.24. The molecule has 0 N–H and O–H groups in total. The minimum Gasteiger partial charge on any atom is -0.274 e. The van der Waals surface area contributed by atoms with Crippen molar-refractivity contribution in [2.75, 3.05) is 12.4 Å². The van der Waals surface area contributed by atoms with Crippen molar-refractivity contribution >= 4 is 21.8 Å². The maximum atomic E-state index is 11.6. The van der Waals surface area contributed by atoms with Crippen LogP contribution in [-0.4, -0.2) is 29.5 Å². The lowest BCUT2D eigenvalue weighted by atomic mass is 9.87. The molecule has 1 rings (SSSR count). The molecule has 0 aromatic heterocycles. The van der Waals surface area contributed by atoms with Gasteiger partial charge in [-0.05, 0) is 19.3 Å². The second kappa shape index (κ2) is 6.28. The summed E-state index contributed by atoms with van der Waals surface area (Å²) in [5.74, 6) is 0.455. The Bertz CT molecular complexity index is 233. The average molecular weight is 276 g/mol. The summed E-state index contributed by atoms with van der Waals surface area (Å²) in [5.41, 5.74) is 0. The van der Waals surface area contributed by atoms with Crippen molar-refractivity contribution in [3.63, 3.8) is 0 Å². The van der Waals surface area contributed by atoms with Gasteiger partial charge in [0.15, 0.2) is 0 Å². The molecule has 2 atom stereocenters. The van der Waals surface area contributed by atoms with Crippen LogP contribution in [-0.2, 0) is 9.63 Å². The van der Waals surface area contributed by atoms with Crippen LogP contribution in [0.3, 0.4) is 0 Å². The molecule has 1 saturated heterocycles. The number of nitrogens with zero attached hydrogens (tertiary/aromatic N) is 1. The number of hydrogen-bond donors (Lipinski definition) is 0. The van der Waals surface area contributed by atoms with Crippen molar-refractivity contribution in [1.29, 1.82) is 0 Å². The largest absolute Gasteiger partial charge is 0.274 e. The number of amides is 1. The van der Waals surface area contributed by atoms with E-state index in [-0.39, 0.29) is 11.9 Å². The topological polar surface area (TPSA) is 29.5 Å². The lowest BCUT2D eigenvalue weighted by Crippen LogP contribution is -2.47. The zero-order valence-electron chi connectivity index (χ0n) is 9.12. The van der Waals surface area contributed by atoms with Crippen molar-refractivity contribution in [2.24, 2.45) is 5.92 Å². The highest BCUT2D eigenvalue weighted by Crippen LogP contribution is 2.28. The standard InChI is InChI=1S/C11H18BrNO2/c1-3-9-6-7-11(14)13(15-2)10(9)5-4-8-12/h3,9-10H,1,4-8H2,2H3/t9-,10-/m1/s1. The zero-order valence-corrected chi connectivity index (χ0v) is 10.7. The molecule has 1 aliphatic heterocycles. The van der Waals surface area contributed by atoms with E-state index in [9.17, 15) is 4.79 Å². The quantitative estimate of drug-likeness (QED) is 0.570. The highest BCUT2D eigenvalue weighted by atomic mass is 79.9. The average Bonchev–Trinajstić information content (AvgIpc) is 2.26. The van der Waals surface area contributed by atoms with Gasteiger partial charge < -0.3 is 0 Å². The van der Waals surface area contributed by atoms with Crippen LogP contribution in [0.15, 0.2) is 12.7 Å². The Kier molecular flexibility index (Phi) is 5.32. The number of alkyl halides is 1. The maximum Gasteiger partial charge on any atom is 0.246 e. The van der Waals surface area contributed by atoms with E-state index in [1.807, 2.05) is 6.08 Å². The van der Waals surface area contributed by atoms with E-state index in [1.165, 1.54) is 5.06 Å². The van der Waals surface area contributed by atoms with Crippen molar-refractivity contribution in [3.8, 4) is 0 Å². The molecule has 15 heavy (non-hydrogen) atoms. The van der Waals surface area contributed by atoms with E-state index in [0.717, 1.165) is 24.6 Å². The van der Waals surface area contributed by atoms with Crippen molar-refractivity contribution in [1.82, 2.24) is 5.06 Å². The number of carbonyl (C=O) groups excluding carboxylic acids is 1. The van der Waals surface area contributed by atoms with E-state index in [0.29, 0.717) is 12.3 Å². The predicted octanol–water partition coefficient (Wildman–Crippen LogP) is 2.52. The molecule has 0 aromatic rings. The van der Waals surface area contributed by atoms with Crippen LogP contribution < -0.4 is 0 Å². The SMILES string of the molecule is C=C[C@@H]1CCC(=O)N(OC)[C@@H]1CCCBr. The normalized spacial score (nSPS) is 26.8. The lowest BCUT2D eigenvalue weighted by molar-refractivity contribution is -0.200. The van der Waals surface area contributed by atoms with Crippen LogP contribution >= 0.6 is 15.9 Å². The Morgan fingerprint density at radius 3 is 3.00 bits per heavy atom. The van der Waals surface area contributed by atoms with Crippen LogP contribution in [0.5, 0.6) is 0 Å². The molecule has 0 aromatic carbocycles. The molecule has 4 heteroatoms. The first kappa shape index (κ1) is 12.7. The molecule has 0 aliphatic carbocycles. The fourth-order valence-corrected chi connectivity index (χ4v) is 2.41. The highest BCUT2D eigenvalue weighted by molar-refractivity contribution is 9.09. The number of hydroxylamine groups is 2. The maximum absolute atomic E-state index is 11.6. The summed E-state index contributed by atoms with van der Waals surface area (Å²) >= 11 is 3.40. The summed E-state index contributed by atoms with van der Waals surface area (Å²) in [5, 5.41) is 2.48. The molecule has 3 nitrogen and oxygen atoms in total. The minimum atomic E-state index is 0.0928. The number of rotatable bonds is 5. The second-order valence-electron chi connectivity index (χ2n) is 3.74. The van der Waals surface area contributed by atoms with Gasteiger partial charge in [-0.25, -0.2) is 5.06 Å². The first-order valence-corrected chi connectivity index (χ1v) is 6.41. The summed E-state index contributed by atoms with van der Waals surface area (Å²) in [6.45, 7) is 3.83. The summed E-state index contributed by atoms with van der Waals surface area (Å²) < 4.78 is 0. The van der Waals surface area contributed by atoms with Gasteiger partial charge in [-0.3, -0.25) is 9.63 Å². The van der Waals surface area contributed by atoms with Crippen LogP contribution in [0.4, 0.5) is 0 Å².